The number of aromatic nitrogens is 2. The molecule has 0 amide bonds. The minimum absolute atomic E-state index is 0.513. The Morgan fingerprint density at radius 1 is 1.25 bits per heavy atom. The maximum Gasteiger partial charge on any atom is 0.0767 e. The Labute approximate surface area is 94.9 Å². The second-order valence-electron chi connectivity index (χ2n) is 4.29. The van der Waals surface area contributed by atoms with Gasteiger partial charge >= 0.3 is 0 Å². The summed E-state index contributed by atoms with van der Waals surface area (Å²) in [7, 11) is 0. The van der Waals surface area contributed by atoms with Gasteiger partial charge in [0.1, 0.15) is 0 Å². The number of nitrogens with two attached hydrogens (primary N) is 1. The van der Waals surface area contributed by atoms with E-state index in [1.807, 2.05) is 22.9 Å². The third kappa shape index (κ3) is 1.63. The molecule has 3 nitrogen and oxygen atoms in total. The lowest BCUT2D eigenvalue weighted by Crippen LogP contribution is -2.02. The van der Waals surface area contributed by atoms with Gasteiger partial charge in [-0.25, -0.2) is 4.68 Å². The summed E-state index contributed by atoms with van der Waals surface area (Å²) in [6.07, 6.45) is 2.56. The maximum absolute atomic E-state index is 5.65. The lowest BCUT2D eigenvalue weighted by Gasteiger charge is -2.05. The number of hydrogen-bond donors (Lipinski definition) is 1. The molecule has 0 bridgehead atoms. The van der Waals surface area contributed by atoms with Crippen LogP contribution in [0.15, 0.2) is 36.4 Å². The summed E-state index contributed by atoms with van der Waals surface area (Å²) in [5.74, 6) is 0.688. The van der Waals surface area contributed by atoms with Crippen molar-refractivity contribution >= 4 is 0 Å². The van der Waals surface area contributed by atoms with Crippen molar-refractivity contribution in [2.45, 2.75) is 25.3 Å². The molecule has 1 aromatic carbocycles. The van der Waals surface area contributed by atoms with E-state index in [1.165, 1.54) is 18.5 Å². The molecule has 1 fully saturated rings. The van der Waals surface area contributed by atoms with Crippen LogP contribution in [-0.2, 0) is 6.54 Å². The normalized spacial score (nSPS) is 15.3. The largest absolute Gasteiger partial charge is 0.325 e. The number of para-hydroxylation sites is 1. The van der Waals surface area contributed by atoms with Gasteiger partial charge in [0.25, 0.3) is 0 Å². The van der Waals surface area contributed by atoms with Gasteiger partial charge in [-0.15, -0.1) is 0 Å². The Morgan fingerprint density at radius 3 is 2.62 bits per heavy atom. The minimum atomic E-state index is 0.513. The van der Waals surface area contributed by atoms with Crippen LogP contribution in [0.4, 0.5) is 0 Å². The first-order valence-corrected chi connectivity index (χ1v) is 5.73. The average molecular weight is 213 g/mol. The SMILES string of the molecule is NCc1cc(C2CC2)n(-c2ccccc2)n1. The molecule has 0 aliphatic heterocycles. The molecule has 0 saturated heterocycles. The molecule has 0 atom stereocenters. The molecule has 2 N–H and O–H groups in total. The fraction of sp³-hybridized carbons (Fsp3) is 0.308. The summed E-state index contributed by atoms with van der Waals surface area (Å²) < 4.78 is 2.04. The van der Waals surface area contributed by atoms with E-state index >= 15 is 0 Å². The molecule has 1 aliphatic rings. The van der Waals surface area contributed by atoms with Crippen molar-refractivity contribution in [3.05, 3.63) is 47.8 Å². The Hall–Kier alpha value is -1.61. The monoisotopic (exact) mass is 213 g/mol. The van der Waals surface area contributed by atoms with Crippen molar-refractivity contribution in [3.63, 3.8) is 0 Å². The quantitative estimate of drug-likeness (QED) is 0.849. The topological polar surface area (TPSA) is 43.8 Å². The van der Waals surface area contributed by atoms with E-state index in [1.54, 1.807) is 0 Å². The van der Waals surface area contributed by atoms with Crippen molar-refractivity contribution < 1.29 is 0 Å². The summed E-state index contributed by atoms with van der Waals surface area (Å²) in [5, 5.41) is 4.55. The molecule has 1 heterocycles. The Balaban J connectivity index is 2.08. The first kappa shape index (κ1) is 9.60. The van der Waals surface area contributed by atoms with E-state index in [0.29, 0.717) is 12.5 Å². The molecule has 16 heavy (non-hydrogen) atoms. The summed E-state index contributed by atoms with van der Waals surface area (Å²) in [4.78, 5) is 0. The lowest BCUT2D eigenvalue weighted by molar-refractivity contribution is 0.786. The predicted octanol–water partition coefficient (Wildman–Crippen LogP) is 2.21. The highest BCUT2D eigenvalue weighted by molar-refractivity contribution is 5.35. The van der Waals surface area contributed by atoms with Crippen LogP contribution in [0.1, 0.15) is 30.1 Å². The molecule has 1 aromatic heterocycles. The molecule has 3 heteroatoms. The molecular formula is C13H15N3. The Morgan fingerprint density at radius 2 is 2.00 bits per heavy atom. The molecule has 1 aliphatic carbocycles. The van der Waals surface area contributed by atoms with E-state index in [9.17, 15) is 0 Å². The Bertz CT molecular complexity index is 483. The zero-order valence-corrected chi connectivity index (χ0v) is 9.13. The van der Waals surface area contributed by atoms with Crippen molar-refractivity contribution in [3.8, 4) is 5.69 Å². The van der Waals surface area contributed by atoms with Crippen LogP contribution in [0.5, 0.6) is 0 Å². The third-order valence-electron chi connectivity index (χ3n) is 2.99. The van der Waals surface area contributed by atoms with Crippen LogP contribution in [0.25, 0.3) is 5.69 Å². The molecule has 1 saturated carbocycles. The summed E-state index contributed by atoms with van der Waals surface area (Å²) in [6.45, 7) is 0.513. The average Bonchev–Trinajstić information content (AvgIpc) is 3.10. The summed E-state index contributed by atoms with van der Waals surface area (Å²) in [6, 6.07) is 12.4. The molecular weight excluding hydrogens is 198 g/mol. The smallest absolute Gasteiger partial charge is 0.0767 e. The maximum atomic E-state index is 5.65. The molecule has 2 aromatic rings. The number of hydrogen-bond acceptors (Lipinski definition) is 2. The second kappa shape index (κ2) is 3.76. The van der Waals surface area contributed by atoms with E-state index in [0.717, 1.165) is 11.4 Å². The highest BCUT2D eigenvalue weighted by Gasteiger charge is 2.28. The predicted molar refractivity (Wildman–Crippen MR) is 63.4 cm³/mol. The van der Waals surface area contributed by atoms with Gasteiger partial charge in [-0.1, -0.05) is 18.2 Å². The zero-order valence-electron chi connectivity index (χ0n) is 9.13. The van der Waals surface area contributed by atoms with E-state index < -0.39 is 0 Å². The van der Waals surface area contributed by atoms with Crippen molar-refractivity contribution in [2.75, 3.05) is 0 Å². The van der Waals surface area contributed by atoms with Crippen LogP contribution >= 0.6 is 0 Å². The molecule has 0 radical (unpaired) electrons. The molecule has 82 valence electrons. The van der Waals surface area contributed by atoms with Crippen molar-refractivity contribution in [1.29, 1.82) is 0 Å². The van der Waals surface area contributed by atoms with Crippen LogP contribution in [-0.4, -0.2) is 9.78 Å². The number of rotatable bonds is 3. The van der Waals surface area contributed by atoms with Crippen molar-refractivity contribution in [1.82, 2.24) is 9.78 Å². The van der Waals surface area contributed by atoms with Gasteiger partial charge < -0.3 is 5.73 Å². The van der Waals surface area contributed by atoms with Crippen molar-refractivity contribution in [2.24, 2.45) is 5.73 Å². The van der Waals surface area contributed by atoms with Crippen LogP contribution in [0, 0.1) is 0 Å². The van der Waals surface area contributed by atoms with Gasteiger partial charge in [-0.3, -0.25) is 0 Å². The minimum Gasteiger partial charge on any atom is -0.325 e. The van der Waals surface area contributed by atoms with Gasteiger partial charge in [0.05, 0.1) is 11.4 Å². The highest BCUT2D eigenvalue weighted by atomic mass is 15.3. The van der Waals surface area contributed by atoms with Crippen LogP contribution in [0.3, 0.4) is 0 Å². The molecule has 0 spiro atoms. The van der Waals surface area contributed by atoms with Gasteiger partial charge in [0.15, 0.2) is 0 Å². The first-order valence-electron chi connectivity index (χ1n) is 5.73. The molecule has 3 rings (SSSR count). The fourth-order valence-corrected chi connectivity index (χ4v) is 1.99. The fourth-order valence-electron chi connectivity index (χ4n) is 1.99. The van der Waals surface area contributed by atoms with E-state index in [2.05, 4.69) is 23.3 Å². The van der Waals surface area contributed by atoms with Crippen LogP contribution in [0.2, 0.25) is 0 Å². The van der Waals surface area contributed by atoms with E-state index in [-0.39, 0.29) is 0 Å². The van der Waals surface area contributed by atoms with Gasteiger partial charge in [0.2, 0.25) is 0 Å². The first-order chi connectivity index (χ1) is 7.88. The highest BCUT2D eigenvalue weighted by Crippen LogP contribution is 2.41. The van der Waals surface area contributed by atoms with E-state index in [4.69, 9.17) is 5.73 Å². The molecule has 0 unspecified atom stereocenters. The lowest BCUT2D eigenvalue weighted by atomic mass is 10.2. The van der Waals surface area contributed by atoms with Gasteiger partial charge in [0, 0.05) is 18.2 Å². The third-order valence-corrected chi connectivity index (χ3v) is 2.99. The van der Waals surface area contributed by atoms with Gasteiger partial charge in [-0.05, 0) is 31.0 Å². The van der Waals surface area contributed by atoms with Crippen LogP contribution < -0.4 is 5.73 Å². The zero-order chi connectivity index (χ0) is 11.0. The second-order valence-corrected chi connectivity index (χ2v) is 4.29. The summed E-state index contributed by atoms with van der Waals surface area (Å²) >= 11 is 0. The Kier molecular flexibility index (Phi) is 2.26. The standard InChI is InChI=1S/C13H15N3/c14-9-11-8-13(10-6-7-10)16(15-11)12-4-2-1-3-5-12/h1-5,8,10H,6-7,9,14H2. The number of benzene rings is 1. The van der Waals surface area contributed by atoms with Gasteiger partial charge in [-0.2, -0.15) is 5.10 Å². The number of nitrogens with zero attached hydrogens (tertiary/aromatic N) is 2. The summed E-state index contributed by atoms with van der Waals surface area (Å²) in [5.41, 5.74) is 9.07.